The van der Waals surface area contributed by atoms with Gasteiger partial charge in [0.05, 0.1) is 11.8 Å². The van der Waals surface area contributed by atoms with Gasteiger partial charge in [0.1, 0.15) is 0 Å². The van der Waals surface area contributed by atoms with Crippen molar-refractivity contribution in [2.45, 2.75) is 39.2 Å². The van der Waals surface area contributed by atoms with Gasteiger partial charge in [-0.3, -0.25) is 14.3 Å². The highest BCUT2D eigenvalue weighted by molar-refractivity contribution is 5.93. The molecule has 0 aliphatic carbocycles. The maximum atomic E-state index is 12.7. The normalized spacial score (nSPS) is 17.3. The van der Waals surface area contributed by atoms with E-state index < -0.39 is 0 Å². The van der Waals surface area contributed by atoms with Crippen molar-refractivity contribution < 1.29 is 14.1 Å². The van der Waals surface area contributed by atoms with Crippen molar-refractivity contribution in [1.29, 1.82) is 0 Å². The fourth-order valence-corrected chi connectivity index (χ4v) is 3.37. The van der Waals surface area contributed by atoms with E-state index in [0.717, 1.165) is 12.8 Å². The smallest absolute Gasteiger partial charge is 0.257 e. The molecule has 0 saturated carbocycles. The second-order valence-corrected chi connectivity index (χ2v) is 6.64. The number of hydrogen-bond donors (Lipinski definition) is 0. The largest absolute Gasteiger partial charge is 0.340 e. The molecule has 3 heterocycles. The van der Waals surface area contributed by atoms with Crippen LogP contribution >= 0.6 is 0 Å². The zero-order chi connectivity index (χ0) is 18.7. The summed E-state index contributed by atoms with van der Waals surface area (Å²) in [7, 11) is 1.78. The molecule has 0 aromatic carbocycles. The van der Waals surface area contributed by atoms with E-state index >= 15 is 0 Å². The van der Waals surface area contributed by atoms with Gasteiger partial charge in [0.2, 0.25) is 11.8 Å². The summed E-state index contributed by atoms with van der Waals surface area (Å²) in [5.41, 5.74) is 0.574. The molecule has 9 nitrogen and oxygen atoms in total. The summed E-state index contributed by atoms with van der Waals surface area (Å²) in [5, 5.41) is 7.94. The molecule has 1 fully saturated rings. The Kier molecular flexibility index (Phi) is 5.34. The van der Waals surface area contributed by atoms with Crippen molar-refractivity contribution >= 4 is 11.8 Å². The average molecular weight is 360 g/mol. The number of rotatable bonds is 5. The van der Waals surface area contributed by atoms with E-state index in [9.17, 15) is 9.59 Å². The predicted octanol–water partition coefficient (Wildman–Crippen LogP) is 0.807. The number of piperidine rings is 1. The fourth-order valence-electron chi connectivity index (χ4n) is 3.37. The SMILES string of the molecule is CC(=O)N(CCc1noc(C)n1)C1CCCN(C(=O)c2cnn(C)c2)C1. The quantitative estimate of drug-likeness (QED) is 0.783. The van der Waals surface area contributed by atoms with E-state index in [1.165, 1.54) is 0 Å². The Hall–Kier alpha value is -2.71. The molecule has 0 bridgehead atoms. The van der Waals surface area contributed by atoms with Crippen LogP contribution in [-0.4, -0.2) is 67.2 Å². The lowest BCUT2D eigenvalue weighted by atomic mass is 10.0. The molecular weight excluding hydrogens is 336 g/mol. The first kappa shape index (κ1) is 18.1. The standard InChI is InChI=1S/C17H24N6O3/c1-12-19-16(20-26-12)6-8-23(13(2)24)15-5-4-7-22(11-15)17(25)14-9-18-21(3)10-14/h9-10,15H,4-8,11H2,1-3H3. The lowest BCUT2D eigenvalue weighted by Gasteiger charge is -2.39. The average Bonchev–Trinajstić information content (AvgIpc) is 3.23. The van der Waals surface area contributed by atoms with Gasteiger partial charge in [0, 0.05) is 59.2 Å². The molecule has 26 heavy (non-hydrogen) atoms. The van der Waals surface area contributed by atoms with Gasteiger partial charge in [0.25, 0.3) is 5.91 Å². The third-order valence-electron chi connectivity index (χ3n) is 4.63. The summed E-state index contributed by atoms with van der Waals surface area (Å²) in [6.07, 6.45) is 5.56. The fraction of sp³-hybridized carbons (Fsp3) is 0.588. The highest BCUT2D eigenvalue weighted by Gasteiger charge is 2.30. The Morgan fingerprint density at radius 2 is 2.23 bits per heavy atom. The topological polar surface area (TPSA) is 97.4 Å². The molecule has 0 N–H and O–H groups in total. The summed E-state index contributed by atoms with van der Waals surface area (Å²) >= 11 is 0. The third-order valence-corrected chi connectivity index (χ3v) is 4.63. The molecule has 9 heteroatoms. The first-order valence-corrected chi connectivity index (χ1v) is 8.78. The minimum Gasteiger partial charge on any atom is -0.340 e. The van der Waals surface area contributed by atoms with Crippen LogP contribution < -0.4 is 0 Å². The Balaban J connectivity index is 1.65. The zero-order valence-corrected chi connectivity index (χ0v) is 15.4. The second kappa shape index (κ2) is 7.67. The van der Waals surface area contributed by atoms with Gasteiger partial charge in [-0.25, -0.2) is 0 Å². The molecule has 2 aromatic heterocycles. The van der Waals surface area contributed by atoms with Gasteiger partial charge in [-0.1, -0.05) is 5.16 Å². The van der Waals surface area contributed by atoms with Crippen molar-refractivity contribution in [3.63, 3.8) is 0 Å². The van der Waals surface area contributed by atoms with Crippen LogP contribution in [0.25, 0.3) is 0 Å². The van der Waals surface area contributed by atoms with E-state index in [4.69, 9.17) is 4.52 Å². The molecule has 1 aliphatic rings. The van der Waals surface area contributed by atoms with Crippen molar-refractivity contribution in [1.82, 2.24) is 29.7 Å². The third kappa shape index (κ3) is 4.09. The lowest BCUT2D eigenvalue weighted by Crippen LogP contribution is -2.51. The summed E-state index contributed by atoms with van der Waals surface area (Å²) < 4.78 is 6.59. The highest BCUT2D eigenvalue weighted by Crippen LogP contribution is 2.19. The van der Waals surface area contributed by atoms with Crippen molar-refractivity contribution in [3.05, 3.63) is 29.7 Å². The molecular formula is C17H24N6O3. The van der Waals surface area contributed by atoms with Gasteiger partial charge < -0.3 is 14.3 Å². The molecule has 0 spiro atoms. The lowest BCUT2D eigenvalue weighted by molar-refractivity contribution is -0.132. The maximum absolute atomic E-state index is 12.7. The zero-order valence-electron chi connectivity index (χ0n) is 15.4. The van der Waals surface area contributed by atoms with Crippen LogP contribution in [0.2, 0.25) is 0 Å². The van der Waals surface area contributed by atoms with Gasteiger partial charge in [0.15, 0.2) is 5.82 Å². The molecule has 1 saturated heterocycles. The van der Waals surface area contributed by atoms with Crippen molar-refractivity contribution in [3.8, 4) is 0 Å². The Labute approximate surface area is 151 Å². The minimum absolute atomic E-state index is 0.00475. The monoisotopic (exact) mass is 360 g/mol. The predicted molar refractivity (Wildman–Crippen MR) is 92.3 cm³/mol. The molecule has 2 amide bonds. The van der Waals surface area contributed by atoms with Crippen molar-refractivity contribution in [2.75, 3.05) is 19.6 Å². The number of aromatic nitrogens is 4. The van der Waals surface area contributed by atoms with Crippen LogP contribution in [0.5, 0.6) is 0 Å². The number of aryl methyl sites for hydroxylation is 2. The van der Waals surface area contributed by atoms with Crippen molar-refractivity contribution in [2.24, 2.45) is 7.05 Å². The number of likely N-dealkylation sites (tertiary alicyclic amines) is 1. The van der Waals surface area contributed by atoms with E-state index in [2.05, 4.69) is 15.2 Å². The molecule has 1 aliphatic heterocycles. The van der Waals surface area contributed by atoms with Gasteiger partial charge in [-0.15, -0.1) is 0 Å². The van der Waals surface area contributed by atoms with Crippen LogP contribution in [0.4, 0.5) is 0 Å². The summed E-state index contributed by atoms with van der Waals surface area (Å²) in [6, 6.07) is -0.00475. The maximum Gasteiger partial charge on any atom is 0.257 e. The highest BCUT2D eigenvalue weighted by atomic mass is 16.5. The van der Waals surface area contributed by atoms with E-state index in [0.29, 0.717) is 43.3 Å². The van der Waals surface area contributed by atoms with Gasteiger partial charge in [-0.2, -0.15) is 10.1 Å². The molecule has 140 valence electrons. The van der Waals surface area contributed by atoms with Crippen LogP contribution in [-0.2, 0) is 18.3 Å². The number of nitrogens with zero attached hydrogens (tertiary/aromatic N) is 6. The number of carbonyl (C=O) groups excluding carboxylic acids is 2. The number of carbonyl (C=O) groups is 2. The van der Waals surface area contributed by atoms with Crippen LogP contribution in [0, 0.1) is 6.92 Å². The van der Waals surface area contributed by atoms with Gasteiger partial charge in [-0.05, 0) is 12.8 Å². The summed E-state index contributed by atoms with van der Waals surface area (Å²) in [5.74, 6) is 1.05. The van der Waals surface area contributed by atoms with Crippen LogP contribution in [0.1, 0.15) is 41.8 Å². The summed E-state index contributed by atoms with van der Waals surface area (Å²) in [4.78, 5) is 32.6. The molecule has 0 radical (unpaired) electrons. The van der Waals surface area contributed by atoms with Crippen LogP contribution in [0.3, 0.4) is 0 Å². The number of amides is 2. The molecule has 2 aromatic rings. The Bertz CT molecular complexity index is 783. The molecule has 1 atom stereocenters. The molecule has 1 unspecified atom stereocenters. The second-order valence-electron chi connectivity index (χ2n) is 6.64. The Morgan fingerprint density at radius 1 is 1.42 bits per heavy atom. The van der Waals surface area contributed by atoms with Gasteiger partial charge >= 0.3 is 0 Å². The first-order valence-electron chi connectivity index (χ1n) is 8.78. The van der Waals surface area contributed by atoms with E-state index in [-0.39, 0.29) is 17.9 Å². The first-order chi connectivity index (χ1) is 12.4. The van der Waals surface area contributed by atoms with E-state index in [1.54, 1.807) is 42.9 Å². The van der Waals surface area contributed by atoms with E-state index in [1.807, 2.05) is 4.90 Å². The molecule has 3 rings (SSSR count). The summed E-state index contributed by atoms with van der Waals surface area (Å²) in [6.45, 7) is 5.03. The number of hydrogen-bond acceptors (Lipinski definition) is 6. The Morgan fingerprint density at radius 3 is 2.85 bits per heavy atom. The van der Waals surface area contributed by atoms with Crippen LogP contribution in [0.15, 0.2) is 16.9 Å². The minimum atomic E-state index is -0.0416.